The molecule has 0 aliphatic heterocycles. The molecule has 3 heteroatoms. The van der Waals surface area contributed by atoms with Crippen LogP contribution in [0.15, 0.2) is 12.1 Å². The van der Waals surface area contributed by atoms with Crippen molar-refractivity contribution < 1.29 is 4.74 Å². The van der Waals surface area contributed by atoms with E-state index < -0.39 is 0 Å². The van der Waals surface area contributed by atoms with E-state index in [0.29, 0.717) is 0 Å². The molecular formula is C16H26N2O. The van der Waals surface area contributed by atoms with E-state index in [-0.39, 0.29) is 0 Å². The molecule has 1 aromatic rings. The van der Waals surface area contributed by atoms with E-state index in [4.69, 9.17) is 4.74 Å². The van der Waals surface area contributed by atoms with E-state index in [1.54, 1.807) is 0 Å². The second-order valence-corrected chi connectivity index (χ2v) is 5.49. The maximum absolute atomic E-state index is 5.85. The molecule has 1 aromatic heterocycles. The van der Waals surface area contributed by atoms with E-state index in [2.05, 4.69) is 30.2 Å². The van der Waals surface area contributed by atoms with Crippen molar-refractivity contribution in [1.29, 1.82) is 0 Å². The van der Waals surface area contributed by atoms with Gasteiger partial charge in [0.25, 0.3) is 0 Å². The summed E-state index contributed by atoms with van der Waals surface area (Å²) in [6, 6.07) is 4.13. The van der Waals surface area contributed by atoms with Crippen LogP contribution in [-0.4, -0.2) is 18.1 Å². The van der Waals surface area contributed by atoms with Crippen molar-refractivity contribution in [3.05, 3.63) is 23.4 Å². The van der Waals surface area contributed by atoms with E-state index >= 15 is 0 Å². The van der Waals surface area contributed by atoms with E-state index in [1.165, 1.54) is 37.7 Å². The zero-order valence-electron chi connectivity index (χ0n) is 12.2. The Morgan fingerprint density at radius 2 is 2.05 bits per heavy atom. The van der Waals surface area contributed by atoms with Gasteiger partial charge in [0.2, 0.25) is 5.88 Å². The number of aromatic nitrogens is 1. The highest BCUT2D eigenvalue weighted by Gasteiger charge is 2.14. The number of hydrogen-bond donors (Lipinski definition) is 1. The Balaban J connectivity index is 1.84. The summed E-state index contributed by atoms with van der Waals surface area (Å²) in [4.78, 5) is 4.55. The molecule has 2 rings (SSSR count). The molecule has 0 saturated heterocycles. The molecule has 0 atom stereocenters. The van der Waals surface area contributed by atoms with Gasteiger partial charge < -0.3 is 10.1 Å². The van der Waals surface area contributed by atoms with Crippen molar-refractivity contribution in [1.82, 2.24) is 10.3 Å². The molecule has 1 aliphatic rings. The van der Waals surface area contributed by atoms with Crippen LogP contribution >= 0.6 is 0 Å². The fraction of sp³-hybridized carbons (Fsp3) is 0.688. The molecule has 1 fully saturated rings. The minimum Gasteiger partial charge on any atom is -0.477 e. The van der Waals surface area contributed by atoms with Gasteiger partial charge in [0.05, 0.1) is 6.61 Å². The molecule has 0 spiro atoms. The molecule has 3 nitrogen and oxygen atoms in total. The summed E-state index contributed by atoms with van der Waals surface area (Å²) in [5.74, 6) is 1.51. The molecule has 106 valence electrons. The predicted octanol–water partition coefficient (Wildman–Crippen LogP) is 3.46. The largest absolute Gasteiger partial charge is 0.477 e. The van der Waals surface area contributed by atoms with Crippen molar-refractivity contribution in [3.63, 3.8) is 0 Å². The summed E-state index contributed by atoms with van der Waals surface area (Å²) in [6.07, 6.45) is 6.76. The van der Waals surface area contributed by atoms with Gasteiger partial charge in [0, 0.05) is 18.3 Å². The van der Waals surface area contributed by atoms with Crippen LogP contribution in [0.2, 0.25) is 0 Å². The van der Waals surface area contributed by atoms with Crippen LogP contribution in [0.5, 0.6) is 5.88 Å². The normalized spacial score (nSPS) is 16.5. The second-order valence-electron chi connectivity index (χ2n) is 5.49. The lowest BCUT2D eigenvalue weighted by molar-refractivity contribution is 0.202. The van der Waals surface area contributed by atoms with Crippen LogP contribution in [0.1, 0.15) is 50.3 Å². The maximum Gasteiger partial charge on any atom is 0.213 e. The summed E-state index contributed by atoms with van der Waals surface area (Å²) in [6.45, 7) is 6.88. The molecule has 1 aliphatic carbocycles. The summed E-state index contributed by atoms with van der Waals surface area (Å²) < 4.78 is 5.85. The third-order valence-electron chi connectivity index (χ3n) is 3.93. The third-order valence-corrected chi connectivity index (χ3v) is 3.93. The van der Waals surface area contributed by atoms with Gasteiger partial charge >= 0.3 is 0 Å². The van der Waals surface area contributed by atoms with Crippen LogP contribution in [0.25, 0.3) is 0 Å². The molecule has 19 heavy (non-hydrogen) atoms. The topological polar surface area (TPSA) is 34.1 Å². The lowest BCUT2D eigenvalue weighted by Gasteiger charge is -2.21. The summed E-state index contributed by atoms with van der Waals surface area (Å²) >= 11 is 0. The maximum atomic E-state index is 5.85. The van der Waals surface area contributed by atoms with Gasteiger partial charge in [-0.25, -0.2) is 4.98 Å². The molecule has 0 amide bonds. The van der Waals surface area contributed by atoms with Crippen LogP contribution in [0.4, 0.5) is 0 Å². The molecule has 0 bridgehead atoms. The second kappa shape index (κ2) is 7.49. The Labute approximate surface area is 116 Å². The van der Waals surface area contributed by atoms with Crippen LogP contribution < -0.4 is 10.1 Å². The summed E-state index contributed by atoms with van der Waals surface area (Å²) in [7, 11) is 0. The summed E-state index contributed by atoms with van der Waals surface area (Å²) in [5.41, 5.74) is 2.33. The first-order valence-electron chi connectivity index (χ1n) is 7.59. The van der Waals surface area contributed by atoms with Crippen LogP contribution in [0, 0.1) is 12.8 Å². The molecule has 1 heterocycles. The number of nitrogens with one attached hydrogen (secondary N) is 1. The Bertz CT molecular complexity index is 386. The van der Waals surface area contributed by atoms with E-state index in [9.17, 15) is 0 Å². The first-order valence-corrected chi connectivity index (χ1v) is 7.59. The Kier molecular flexibility index (Phi) is 5.64. The predicted molar refractivity (Wildman–Crippen MR) is 78.4 cm³/mol. The lowest BCUT2D eigenvalue weighted by atomic mass is 9.90. The van der Waals surface area contributed by atoms with Gasteiger partial charge in [-0.15, -0.1) is 0 Å². The first kappa shape index (κ1) is 14.3. The van der Waals surface area contributed by atoms with Crippen molar-refractivity contribution in [2.45, 2.75) is 52.5 Å². The van der Waals surface area contributed by atoms with E-state index in [1.807, 2.05) is 6.07 Å². The van der Waals surface area contributed by atoms with E-state index in [0.717, 1.165) is 37.2 Å². The number of rotatable bonds is 6. The zero-order chi connectivity index (χ0) is 13.5. The minimum atomic E-state index is 0.734. The monoisotopic (exact) mass is 262 g/mol. The van der Waals surface area contributed by atoms with Gasteiger partial charge in [0.15, 0.2) is 0 Å². The number of ether oxygens (including phenoxy) is 1. The Morgan fingerprint density at radius 1 is 1.26 bits per heavy atom. The summed E-state index contributed by atoms with van der Waals surface area (Å²) in [5, 5.41) is 3.33. The number of aryl methyl sites for hydroxylation is 1. The fourth-order valence-electron chi connectivity index (χ4n) is 2.65. The van der Waals surface area contributed by atoms with Gasteiger partial charge in [-0.05, 0) is 37.8 Å². The average molecular weight is 262 g/mol. The lowest BCUT2D eigenvalue weighted by Crippen LogP contribution is -2.16. The molecule has 1 saturated carbocycles. The van der Waals surface area contributed by atoms with Gasteiger partial charge in [-0.1, -0.05) is 32.3 Å². The van der Waals surface area contributed by atoms with Crippen molar-refractivity contribution in [2.75, 3.05) is 13.2 Å². The van der Waals surface area contributed by atoms with Crippen molar-refractivity contribution in [2.24, 2.45) is 5.92 Å². The fourth-order valence-corrected chi connectivity index (χ4v) is 2.65. The Hall–Kier alpha value is -1.09. The highest BCUT2D eigenvalue weighted by molar-refractivity contribution is 5.24. The van der Waals surface area contributed by atoms with Crippen LogP contribution in [0.3, 0.4) is 0 Å². The number of pyridine rings is 1. The van der Waals surface area contributed by atoms with Gasteiger partial charge in [-0.2, -0.15) is 0 Å². The highest BCUT2D eigenvalue weighted by Crippen LogP contribution is 2.24. The molecule has 1 N–H and O–H groups in total. The average Bonchev–Trinajstić information content (AvgIpc) is 2.45. The van der Waals surface area contributed by atoms with Gasteiger partial charge in [0.1, 0.15) is 0 Å². The molecule has 0 aromatic carbocycles. The SMILES string of the molecule is CCNCc1ccc(OCC2CCCCC2)nc1C. The first-order chi connectivity index (χ1) is 9.29. The third kappa shape index (κ3) is 4.50. The van der Waals surface area contributed by atoms with Crippen molar-refractivity contribution in [3.8, 4) is 5.88 Å². The highest BCUT2D eigenvalue weighted by atomic mass is 16.5. The molecule has 0 unspecified atom stereocenters. The minimum absolute atomic E-state index is 0.734. The Morgan fingerprint density at radius 3 is 2.74 bits per heavy atom. The number of nitrogens with zero attached hydrogens (tertiary/aromatic N) is 1. The zero-order valence-corrected chi connectivity index (χ0v) is 12.2. The van der Waals surface area contributed by atoms with Gasteiger partial charge in [-0.3, -0.25) is 0 Å². The van der Waals surface area contributed by atoms with Crippen LogP contribution in [-0.2, 0) is 6.54 Å². The number of hydrogen-bond acceptors (Lipinski definition) is 3. The van der Waals surface area contributed by atoms with Crippen molar-refractivity contribution >= 4 is 0 Å². The standard InChI is InChI=1S/C16H26N2O/c1-3-17-11-15-9-10-16(18-13(15)2)19-12-14-7-5-4-6-8-14/h9-10,14,17H,3-8,11-12H2,1-2H3. The quantitative estimate of drug-likeness (QED) is 0.852. The molecule has 0 radical (unpaired) electrons. The molecular weight excluding hydrogens is 236 g/mol. The smallest absolute Gasteiger partial charge is 0.213 e.